The molecule has 8 nitrogen and oxygen atoms in total. The minimum Gasteiger partial charge on any atom is -0.291 e. The molecule has 3 aromatic rings. The zero-order valence-corrected chi connectivity index (χ0v) is 17.2. The largest absolute Gasteiger partial charge is 0.291 e. The number of hydrogen-bond acceptors (Lipinski definition) is 7. The van der Waals surface area contributed by atoms with E-state index in [1.807, 2.05) is 24.3 Å². The Labute approximate surface area is 167 Å². The van der Waals surface area contributed by atoms with Crippen molar-refractivity contribution in [1.82, 2.24) is 19.7 Å². The smallest absolute Gasteiger partial charge is 0.251 e. The summed E-state index contributed by atoms with van der Waals surface area (Å²) in [7, 11) is -0.669. The topological polar surface area (TPSA) is 105 Å². The number of amides is 1. The molecule has 0 bridgehead atoms. The van der Waals surface area contributed by atoms with Gasteiger partial charge in [-0.1, -0.05) is 35.6 Å². The van der Waals surface area contributed by atoms with Crippen molar-refractivity contribution in [3.63, 3.8) is 0 Å². The van der Waals surface area contributed by atoms with Crippen molar-refractivity contribution in [2.24, 2.45) is 0 Å². The van der Waals surface area contributed by atoms with E-state index in [4.69, 9.17) is 0 Å². The Morgan fingerprint density at radius 3 is 2.39 bits per heavy atom. The fourth-order valence-electron chi connectivity index (χ4n) is 2.52. The van der Waals surface area contributed by atoms with Crippen LogP contribution < -0.4 is 9.62 Å². The zero-order valence-electron chi connectivity index (χ0n) is 15.6. The number of nitrogens with zero attached hydrogens (tertiary/aromatic N) is 4. The van der Waals surface area contributed by atoms with Gasteiger partial charge in [0, 0.05) is 25.0 Å². The molecule has 0 radical (unpaired) electrons. The van der Waals surface area contributed by atoms with E-state index < -0.39 is 10.0 Å². The van der Waals surface area contributed by atoms with E-state index in [9.17, 15) is 13.2 Å². The van der Waals surface area contributed by atoms with E-state index in [2.05, 4.69) is 19.7 Å². The Morgan fingerprint density at radius 1 is 1.14 bits per heavy atom. The van der Waals surface area contributed by atoms with Crippen LogP contribution >= 0.6 is 11.3 Å². The lowest BCUT2D eigenvalue weighted by Crippen LogP contribution is -2.27. The van der Waals surface area contributed by atoms with Crippen molar-refractivity contribution >= 4 is 32.4 Å². The van der Waals surface area contributed by atoms with Gasteiger partial charge in [-0.05, 0) is 25.1 Å². The summed E-state index contributed by atoms with van der Waals surface area (Å²) in [4.78, 5) is 26.2. The Balaban J connectivity index is 1.74. The van der Waals surface area contributed by atoms with Crippen molar-refractivity contribution < 1.29 is 13.2 Å². The Hall–Kier alpha value is -2.69. The molecule has 1 N–H and O–H groups in total. The molecule has 0 saturated carbocycles. The van der Waals surface area contributed by atoms with E-state index in [0.717, 1.165) is 28.0 Å². The molecule has 2 aromatic heterocycles. The number of aromatic nitrogens is 3. The Kier molecular flexibility index (Phi) is 5.82. The third kappa shape index (κ3) is 4.24. The maximum atomic E-state index is 12.6. The van der Waals surface area contributed by atoms with Crippen LogP contribution in [0.25, 0.3) is 11.1 Å². The average Bonchev–Trinajstić information content (AvgIpc) is 3.11. The van der Waals surface area contributed by atoms with E-state index >= 15 is 0 Å². The molecule has 0 fully saturated rings. The minimum atomic E-state index is -3.60. The lowest BCUT2D eigenvalue weighted by atomic mass is 10.0. The van der Waals surface area contributed by atoms with Gasteiger partial charge in [0.25, 0.3) is 10.0 Å². The molecule has 0 atom stereocenters. The zero-order chi connectivity index (χ0) is 20.3. The van der Waals surface area contributed by atoms with Gasteiger partial charge in [0.15, 0.2) is 9.34 Å². The number of sulfonamides is 1. The van der Waals surface area contributed by atoms with Crippen LogP contribution in [0.3, 0.4) is 0 Å². The maximum absolute atomic E-state index is 12.6. The Bertz CT molecular complexity index is 1080. The molecule has 3 rings (SSSR count). The molecular formula is C18H19N5O3S2. The van der Waals surface area contributed by atoms with Crippen LogP contribution in [0.15, 0.2) is 47.2 Å². The standard InChI is InChI=1S/C18H19N5O3S2/c1-12-17(28(25,26)19-2)27-18(22-12)23(3)16(24)8-13-4-6-14(7-5-13)15-9-20-11-21-10-15/h4-7,9-11,19H,8H2,1-3H3. The first-order valence-corrected chi connectivity index (χ1v) is 10.6. The van der Waals surface area contributed by atoms with E-state index in [1.165, 1.54) is 18.3 Å². The predicted octanol–water partition coefficient (Wildman–Crippen LogP) is 2.02. The monoisotopic (exact) mass is 417 g/mol. The molecule has 0 aliphatic carbocycles. The molecule has 0 spiro atoms. The summed E-state index contributed by atoms with van der Waals surface area (Å²) < 4.78 is 26.4. The molecular weight excluding hydrogens is 398 g/mol. The fraction of sp³-hybridized carbons (Fsp3) is 0.222. The van der Waals surface area contributed by atoms with Crippen LogP contribution in [0.4, 0.5) is 5.13 Å². The van der Waals surface area contributed by atoms with E-state index in [-0.39, 0.29) is 16.5 Å². The van der Waals surface area contributed by atoms with Gasteiger partial charge in [-0.2, -0.15) is 0 Å². The molecule has 0 aliphatic heterocycles. The van der Waals surface area contributed by atoms with Crippen molar-refractivity contribution in [1.29, 1.82) is 0 Å². The van der Waals surface area contributed by atoms with Crippen LogP contribution in [0.1, 0.15) is 11.3 Å². The number of likely N-dealkylation sites (N-methyl/N-ethyl adjacent to an activating group) is 1. The summed E-state index contributed by atoms with van der Waals surface area (Å²) in [5.74, 6) is -0.182. The van der Waals surface area contributed by atoms with Crippen LogP contribution in [0, 0.1) is 6.92 Å². The summed E-state index contributed by atoms with van der Waals surface area (Å²) in [6.45, 7) is 1.61. The van der Waals surface area contributed by atoms with Gasteiger partial charge in [0.05, 0.1) is 12.1 Å². The van der Waals surface area contributed by atoms with Gasteiger partial charge in [0.1, 0.15) is 6.33 Å². The van der Waals surface area contributed by atoms with Crippen molar-refractivity contribution in [2.75, 3.05) is 19.0 Å². The highest BCUT2D eigenvalue weighted by atomic mass is 32.2. The molecule has 1 aromatic carbocycles. The predicted molar refractivity (Wildman–Crippen MR) is 108 cm³/mol. The quantitative estimate of drug-likeness (QED) is 0.658. The SMILES string of the molecule is CNS(=O)(=O)c1sc(N(C)C(=O)Cc2ccc(-c3cncnc3)cc2)nc1C. The highest BCUT2D eigenvalue weighted by Crippen LogP contribution is 2.29. The fourth-order valence-corrected chi connectivity index (χ4v) is 4.83. The van der Waals surface area contributed by atoms with Crippen LogP contribution in [-0.2, 0) is 21.2 Å². The number of hydrogen-bond donors (Lipinski definition) is 1. The van der Waals surface area contributed by atoms with Gasteiger partial charge in [0.2, 0.25) is 5.91 Å². The molecule has 28 heavy (non-hydrogen) atoms. The average molecular weight is 418 g/mol. The van der Waals surface area contributed by atoms with Gasteiger partial charge < -0.3 is 0 Å². The van der Waals surface area contributed by atoms with Gasteiger partial charge in [-0.15, -0.1) is 0 Å². The van der Waals surface area contributed by atoms with Crippen molar-refractivity contribution in [2.45, 2.75) is 17.6 Å². The van der Waals surface area contributed by atoms with Crippen LogP contribution in [0.2, 0.25) is 0 Å². The molecule has 146 valence electrons. The lowest BCUT2D eigenvalue weighted by Gasteiger charge is -2.14. The third-order valence-corrected chi connectivity index (χ3v) is 7.38. The van der Waals surface area contributed by atoms with Crippen molar-refractivity contribution in [3.05, 3.63) is 54.2 Å². The Morgan fingerprint density at radius 2 is 1.79 bits per heavy atom. The molecule has 2 heterocycles. The second-order valence-corrected chi connectivity index (χ2v) is 9.09. The first kappa shape index (κ1) is 20.1. The lowest BCUT2D eigenvalue weighted by molar-refractivity contribution is -0.117. The normalized spacial score (nSPS) is 11.4. The molecule has 0 aliphatic rings. The minimum absolute atomic E-state index is 0.110. The summed E-state index contributed by atoms with van der Waals surface area (Å²) in [5.41, 5.74) is 3.06. The third-order valence-electron chi connectivity index (χ3n) is 4.12. The number of nitrogens with one attached hydrogen (secondary N) is 1. The highest BCUT2D eigenvalue weighted by Gasteiger charge is 2.23. The maximum Gasteiger partial charge on any atom is 0.251 e. The first-order valence-electron chi connectivity index (χ1n) is 8.33. The van der Waals surface area contributed by atoms with Gasteiger partial charge in [-0.25, -0.2) is 28.1 Å². The van der Waals surface area contributed by atoms with Gasteiger partial charge in [-0.3, -0.25) is 9.69 Å². The number of anilines is 1. The summed E-state index contributed by atoms with van der Waals surface area (Å²) in [6.07, 6.45) is 5.10. The number of carbonyl (C=O) groups excluding carboxylic acids is 1. The van der Waals surface area contributed by atoms with Crippen LogP contribution in [-0.4, -0.2) is 43.4 Å². The van der Waals surface area contributed by atoms with Crippen LogP contribution in [0.5, 0.6) is 0 Å². The molecule has 1 amide bonds. The number of rotatable bonds is 6. The number of benzene rings is 1. The molecule has 0 unspecified atom stereocenters. The second kappa shape index (κ2) is 8.13. The van der Waals surface area contributed by atoms with Gasteiger partial charge >= 0.3 is 0 Å². The summed E-state index contributed by atoms with van der Waals surface area (Å²) in [5, 5.41) is 0.342. The molecule has 10 heteroatoms. The summed E-state index contributed by atoms with van der Waals surface area (Å²) in [6, 6.07) is 7.56. The number of carbonyl (C=O) groups is 1. The highest BCUT2D eigenvalue weighted by molar-refractivity contribution is 7.91. The van der Waals surface area contributed by atoms with Crippen molar-refractivity contribution in [3.8, 4) is 11.1 Å². The van der Waals surface area contributed by atoms with E-state index in [1.54, 1.807) is 26.4 Å². The molecule has 0 saturated heterocycles. The first-order chi connectivity index (χ1) is 13.3. The number of thiazole rings is 1. The second-order valence-electron chi connectivity index (χ2n) is 6.03. The summed E-state index contributed by atoms with van der Waals surface area (Å²) >= 11 is 0.967. The van der Waals surface area contributed by atoms with E-state index in [0.29, 0.717) is 10.8 Å². The number of aryl methyl sites for hydroxylation is 1.